The number of hydrogen-bond donors (Lipinski definition) is 1. The number of nitrogens with zero attached hydrogens (tertiary/aromatic N) is 3. The predicted octanol–water partition coefficient (Wildman–Crippen LogP) is 1.28. The Kier molecular flexibility index (Phi) is 4.86. The molecule has 108 valence electrons. The quantitative estimate of drug-likeness (QED) is 0.842. The third-order valence-electron chi connectivity index (χ3n) is 3.20. The number of hydrogen-bond acceptors (Lipinski definition) is 5. The van der Waals surface area contributed by atoms with Crippen LogP contribution in [0.2, 0.25) is 0 Å². The number of amides is 2. The van der Waals surface area contributed by atoms with E-state index < -0.39 is 0 Å². The standard InChI is InChI=1S/C13H18N4O3/c1-2-20-12(18)10-3-7-17(8-4-10)13(19)16-11-9-14-5-6-15-11/h5-6,9-10H,2-4,7-8H2,1H3,(H,15,16,19). The van der Waals surface area contributed by atoms with E-state index in [2.05, 4.69) is 15.3 Å². The number of ether oxygens (including phenoxy) is 1. The van der Waals surface area contributed by atoms with Crippen LogP contribution in [0.15, 0.2) is 18.6 Å². The summed E-state index contributed by atoms with van der Waals surface area (Å²) in [7, 11) is 0. The highest BCUT2D eigenvalue weighted by Gasteiger charge is 2.28. The molecule has 20 heavy (non-hydrogen) atoms. The fourth-order valence-electron chi connectivity index (χ4n) is 2.13. The van der Waals surface area contributed by atoms with Gasteiger partial charge in [0, 0.05) is 25.5 Å². The zero-order valence-electron chi connectivity index (χ0n) is 11.4. The maximum absolute atomic E-state index is 12.0. The summed E-state index contributed by atoms with van der Waals surface area (Å²) < 4.78 is 5.00. The van der Waals surface area contributed by atoms with Gasteiger partial charge in [-0.3, -0.25) is 15.1 Å². The molecule has 0 radical (unpaired) electrons. The van der Waals surface area contributed by atoms with Gasteiger partial charge >= 0.3 is 12.0 Å². The molecule has 1 aromatic rings. The molecule has 0 atom stereocenters. The van der Waals surface area contributed by atoms with Gasteiger partial charge < -0.3 is 9.64 Å². The Bertz CT molecular complexity index is 458. The molecule has 7 heteroatoms. The van der Waals surface area contributed by atoms with Crippen molar-refractivity contribution in [2.45, 2.75) is 19.8 Å². The smallest absolute Gasteiger partial charge is 0.323 e. The number of rotatable bonds is 3. The number of esters is 1. The van der Waals surface area contributed by atoms with Crippen LogP contribution in [0.5, 0.6) is 0 Å². The second kappa shape index (κ2) is 6.83. The number of carbonyl (C=O) groups excluding carboxylic acids is 2. The summed E-state index contributed by atoms with van der Waals surface area (Å²) in [4.78, 5) is 33.1. The van der Waals surface area contributed by atoms with Gasteiger partial charge in [-0.2, -0.15) is 0 Å². The Morgan fingerprint density at radius 3 is 2.75 bits per heavy atom. The summed E-state index contributed by atoms with van der Waals surface area (Å²) in [6, 6.07) is -0.215. The van der Waals surface area contributed by atoms with Crippen molar-refractivity contribution in [1.29, 1.82) is 0 Å². The van der Waals surface area contributed by atoms with E-state index in [0.717, 1.165) is 0 Å². The van der Waals surface area contributed by atoms with Crippen LogP contribution in [0, 0.1) is 5.92 Å². The number of nitrogens with one attached hydrogen (secondary N) is 1. The molecular formula is C13H18N4O3. The first kappa shape index (κ1) is 14.2. The van der Waals surface area contributed by atoms with E-state index >= 15 is 0 Å². The highest BCUT2D eigenvalue weighted by atomic mass is 16.5. The molecule has 1 aliphatic rings. The zero-order valence-corrected chi connectivity index (χ0v) is 11.4. The van der Waals surface area contributed by atoms with E-state index in [0.29, 0.717) is 38.4 Å². The first-order valence-electron chi connectivity index (χ1n) is 6.69. The monoisotopic (exact) mass is 278 g/mol. The minimum atomic E-state index is -0.215. The average molecular weight is 278 g/mol. The highest BCUT2D eigenvalue weighted by Crippen LogP contribution is 2.19. The van der Waals surface area contributed by atoms with Crippen LogP contribution in [-0.2, 0) is 9.53 Å². The Morgan fingerprint density at radius 1 is 1.40 bits per heavy atom. The lowest BCUT2D eigenvalue weighted by Gasteiger charge is -2.30. The molecule has 0 bridgehead atoms. The van der Waals surface area contributed by atoms with Crippen molar-refractivity contribution in [1.82, 2.24) is 14.9 Å². The molecule has 2 heterocycles. The molecule has 1 aromatic heterocycles. The van der Waals surface area contributed by atoms with Crippen LogP contribution in [0.25, 0.3) is 0 Å². The van der Waals surface area contributed by atoms with Crippen LogP contribution in [0.3, 0.4) is 0 Å². The Labute approximate surface area is 117 Å². The van der Waals surface area contributed by atoms with Crippen molar-refractivity contribution in [3.8, 4) is 0 Å². The fourth-order valence-corrected chi connectivity index (χ4v) is 2.13. The van der Waals surface area contributed by atoms with Gasteiger partial charge in [0.15, 0.2) is 5.82 Å². The largest absolute Gasteiger partial charge is 0.466 e. The summed E-state index contributed by atoms with van der Waals surface area (Å²) in [6.07, 6.45) is 5.81. The van der Waals surface area contributed by atoms with Crippen molar-refractivity contribution < 1.29 is 14.3 Å². The molecule has 2 amide bonds. The molecule has 0 unspecified atom stereocenters. The van der Waals surface area contributed by atoms with Gasteiger partial charge in [-0.1, -0.05) is 0 Å². The molecule has 1 saturated heterocycles. The predicted molar refractivity (Wildman–Crippen MR) is 72.0 cm³/mol. The number of carbonyl (C=O) groups is 2. The van der Waals surface area contributed by atoms with Gasteiger partial charge in [-0.05, 0) is 19.8 Å². The maximum atomic E-state index is 12.0. The molecule has 0 saturated carbocycles. The summed E-state index contributed by atoms with van der Waals surface area (Å²) >= 11 is 0. The highest BCUT2D eigenvalue weighted by molar-refractivity contribution is 5.88. The van der Waals surface area contributed by atoms with E-state index in [1.807, 2.05) is 0 Å². The van der Waals surface area contributed by atoms with E-state index in [-0.39, 0.29) is 17.9 Å². The van der Waals surface area contributed by atoms with Crippen molar-refractivity contribution in [3.05, 3.63) is 18.6 Å². The molecule has 7 nitrogen and oxygen atoms in total. The van der Waals surface area contributed by atoms with E-state index in [9.17, 15) is 9.59 Å². The van der Waals surface area contributed by atoms with Crippen LogP contribution in [-0.4, -0.2) is 46.6 Å². The van der Waals surface area contributed by atoms with E-state index in [1.54, 1.807) is 18.0 Å². The van der Waals surface area contributed by atoms with Gasteiger partial charge in [-0.25, -0.2) is 9.78 Å². The Morgan fingerprint density at radius 2 is 2.15 bits per heavy atom. The summed E-state index contributed by atoms with van der Waals surface area (Å²) in [6.45, 7) is 3.26. The normalized spacial score (nSPS) is 15.8. The zero-order chi connectivity index (χ0) is 14.4. The molecule has 0 aliphatic carbocycles. The first-order valence-corrected chi connectivity index (χ1v) is 6.69. The molecule has 0 aromatic carbocycles. The Hall–Kier alpha value is -2.18. The third kappa shape index (κ3) is 3.66. The van der Waals surface area contributed by atoms with Crippen molar-refractivity contribution >= 4 is 17.8 Å². The van der Waals surface area contributed by atoms with Gasteiger partial charge in [0.25, 0.3) is 0 Å². The van der Waals surface area contributed by atoms with Crippen LogP contribution >= 0.6 is 0 Å². The third-order valence-corrected chi connectivity index (χ3v) is 3.20. The van der Waals surface area contributed by atoms with E-state index in [1.165, 1.54) is 12.4 Å². The van der Waals surface area contributed by atoms with Crippen LogP contribution < -0.4 is 5.32 Å². The second-order valence-electron chi connectivity index (χ2n) is 4.53. The van der Waals surface area contributed by atoms with Crippen LogP contribution in [0.1, 0.15) is 19.8 Å². The maximum Gasteiger partial charge on any atom is 0.323 e. The van der Waals surface area contributed by atoms with Gasteiger partial charge in [0.05, 0.1) is 18.7 Å². The van der Waals surface area contributed by atoms with Crippen molar-refractivity contribution in [2.24, 2.45) is 5.92 Å². The van der Waals surface area contributed by atoms with Gasteiger partial charge in [0.1, 0.15) is 0 Å². The van der Waals surface area contributed by atoms with Gasteiger partial charge in [0.2, 0.25) is 0 Å². The molecule has 2 rings (SSSR count). The first-order chi connectivity index (χ1) is 9.70. The van der Waals surface area contributed by atoms with Crippen LogP contribution in [0.4, 0.5) is 10.6 Å². The molecule has 1 N–H and O–H groups in total. The van der Waals surface area contributed by atoms with Crippen molar-refractivity contribution in [3.63, 3.8) is 0 Å². The lowest BCUT2D eigenvalue weighted by atomic mass is 9.97. The lowest BCUT2D eigenvalue weighted by Crippen LogP contribution is -2.42. The Balaban J connectivity index is 1.81. The molecular weight excluding hydrogens is 260 g/mol. The summed E-state index contributed by atoms with van der Waals surface area (Å²) in [5, 5.41) is 2.68. The minimum Gasteiger partial charge on any atom is -0.466 e. The van der Waals surface area contributed by atoms with Gasteiger partial charge in [-0.15, -0.1) is 0 Å². The SMILES string of the molecule is CCOC(=O)C1CCN(C(=O)Nc2cnccn2)CC1. The summed E-state index contributed by atoms with van der Waals surface area (Å²) in [5.41, 5.74) is 0. The minimum absolute atomic E-state index is 0.101. The molecule has 1 fully saturated rings. The average Bonchev–Trinajstić information content (AvgIpc) is 2.48. The lowest BCUT2D eigenvalue weighted by molar-refractivity contribution is -0.149. The number of aromatic nitrogens is 2. The molecule has 0 spiro atoms. The van der Waals surface area contributed by atoms with Crippen molar-refractivity contribution in [2.75, 3.05) is 25.0 Å². The molecule has 1 aliphatic heterocycles. The number of piperidine rings is 1. The number of likely N-dealkylation sites (tertiary alicyclic amines) is 1. The summed E-state index contributed by atoms with van der Waals surface area (Å²) in [5.74, 6) is 0.155. The number of urea groups is 1. The topological polar surface area (TPSA) is 84.4 Å². The second-order valence-corrected chi connectivity index (χ2v) is 4.53. The fraction of sp³-hybridized carbons (Fsp3) is 0.538. The number of anilines is 1. The van der Waals surface area contributed by atoms with E-state index in [4.69, 9.17) is 4.74 Å².